The molecule has 16 heavy (non-hydrogen) atoms. The van der Waals surface area contributed by atoms with Crippen molar-refractivity contribution in [3.05, 3.63) is 34.9 Å². The zero-order valence-electron chi connectivity index (χ0n) is 10.9. The lowest BCUT2D eigenvalue weighted by molar-refractivity contribution is 0.499. The third-order valence-electron chi connectivity index (χ3n) is 4.21. The Morgan fingerprint density at radius 3 is 2.31 bits per heavy atom. The quantitative estimate of drug-likeness (QED) is 0.580. The largest absolute Gasteiger partial charge is 0.0625 e. The van der Waals surface area contributed by atoms with Gasteiger partial charge in [0.25, 0.3) is 0 Å². The summed E-state index contributed by atoms with van der Waals surface area (Å²) in [5.41, 5.74) is 4.65. The summed E-state index contributed by atoms with van der Waals surface area (Å²) in [5.74, 6) is 1.76. The summed E-state index contributed by atoms with van der Waals surface area (Å²) in [4.78, 5) is 0. The van der Waals surface area contributed by atoms with Gasteiger partial charge >= 0.3 is 0 Å². The fraction of sp³-hybridized carbons (Fsp3) is 0.625. The molecule has 1 saturated carbocycles. The fourth-order valence-electron chi connectivity index (χ4n) is 3.25. The molecule has 0 nitrogen and oxygen atoms in total. The van der Waals surface area contributed by atoms with E-state index in [2.05, 4.69) is 39.0 Å². The van der Waals surface area contributed by atoms with Crippen molar-refractivity contribution in [3.63, 3.8) is 0 Å². The molecular formula is C16H24. The Labute approximate surface area is 100 Å². The van der Waals surface area contributed by atoms with Gasteiger partial charge in [-0.2, -0.15) is 0 Å². The van der Waals surface area contributed by atoms with E-state index in [0.717, 1.165) is 11.8 Å². The average molecular weight is 216 g/mol. The molecule has 0 aromatic heterocycles. The second-order valence-electron chi connectivity index (χ2n) is 5.62. The van der Waals surface area contributed by atoms with Gasteiger partial charge in [0.05, 0.1) is 0 Å². The molecule has 0 heteroatoms. The van der Waals surface area contributed by atoms with Crippen LogP contribution in [0.2, 0.25) is 0 Å². The highest BCUT2D eigenvalue weighted by atomic mass is 14.2. The molecule has 0 amide bonds. The van der Waals surface area contributed by atoms with Gasteiger partial charge in [0.15, 0.2) is 0 Å². The van der Waals surface area contributed by atoms with Gasteiger partial charge in [0.1, 0.15) is 0 Å². The first-order chi connectivity index (χ1) is 7.68. The Morgan fingerprint density at radius 1 is 0.938 bits per heavy atom. The third kappa shape index (κ3) is 2.48. The van der Waals surface area contributed by atoms with Crippen molar-refractivity contribution < 1.29 is 0 Å². The Balaban J connectivity index is 2.23. The van der Waals surface area contributed by atoms with E-state index < -0.39 is 0 Å². The van der Waals surface area contributed by atoms with Crippen molar-refractivity contribution in [1.29, 1.82) is 0 Å². The minimum absolute atomic E-state index is 0.825. The molecule has 88 valence electrons. The van der Waals surface area contributed by atoms with Crippen LogP contribution in [0.1, 0.15) is 61.6 Å². The van der Waals surface area contributed by atoms with Crippen molar-refractivity contribution in [2.24, 2.45) is 5.92 Å². The van der Waals surface area contributed by atoms with Crippen molar-refractivity contribution in [3.8, 4) is 0 Å². The molecule has 0 bridgehead atoms. The summed E-state index contributed by atoms with van der Waals surface area (Å²) in [6.07, 6.45) is 7.06. The van der Waals surface area contributed by atoms with E-state index in [9.17, 15) is 0 Å². The van der Waals surface area contributed by atoms with Crippen LogP contribution in [0.3, 0.4) is 0 Å². The SMILES string of the molecule is Cc1cccc(C)c1C1CCCC(C)CC1. The molecule has 0 saturated heterocycles. The predicted molar refractivity (Wildman–Crippen MR) is 70.9 cm³/mol. The van der Waals surface area contributed by atoms with Gasteiger partial charge in [-0.25, -0.2) is 0 Å². The number of benzene rings is 1. The van der Waals surface area contributed by atoms with Gasteiger partial charge in [-0.1, -0.05) is 44.4 Å². The van der Waals surface area contributed by atoms with E-state index >= 15 is 0 Å². The Bertz CT molecular complexity index is 331. The van der Waals surface area contributed by atoms with Crippen molar-refractivity contribution in [2.45, 2.75) is 58.8 Å². The van der Waals surface area contributed by atoms with Gasteiger partial charge in [-0.15, -0.1) is 0 Å². The normalized spacial score (nSPS) is 26.4. The maximum absolute atomic E-state index is 2.41. The molecule has 2 atom stereocenters. The zero-order chi connectivity index (χ0) is 11.5. The Hall–Kier alpha value is -0.780. The number of aryl methyl sites for hydroxylation is 2. The summed E-state index contributed by atoms with van der Waals surface area (Å²) >= 11 is 0. The summed E-state index contributed by atoms with van der Waals surface area (Å²) in [5, 5.41) is 0. The lowest BCUT2D eigenvalue weighted by Gasteiger charge is -2.19. The highest BCUT2D eigenvalue weighted by Crippen LogP contribution is 2.36. The summed E-state index contributed by atoms with van der Waals surface area (Å²) in [6.45, 7) is 6.96. The zero-order valence-corrected chi connectivity index (χ0v) is 10.9. The summed E-state index contributed by atoms with van der Waals surface area (Å²) < 4.78 is 0. The summed E-state index contributed by atoms with van der Waals surface area (Å²) in [6, 6.07) is 6.74. The number of hydrogen-bond acceptors (Lipinski definition) is 0. The van der Waals surface area contributed by atoms with E-state index in [-0.39, 0.29) is 0 Å². The third-order valence-corrected chi connectivity index (χ3v) is 4.21. The second kappa shape index (κ2) is 5.03. The molecule has 1 aromatic rings. The van der Waals surface area contributed by atoms with Gasteiger partial charge in [0.2, 0.25) is 0 Å². The van der Waals surface area contributed by atoms with Crippen LogP contribution in [-0.2, 0) is 0 Å². The Morgan fingerprint density at radius 2 is 1.62 bits per heavy atom. The lowest BCUT2D eigenvalue weighted by atomic mass is 9.85. The standard InChI is InChI=1S/C16H24/c1-12-6-4-9-15(11-10-12)16-13(2)7-5-8-14(16)3/h5,7-8,12,15H,4,6,9-11H2,1-3H3. The van der Waals surface area contributed by atoms with E-state index in [1.807, 2.05) is 0 Å². The number of rotatable bonds is 1. The first kappa shape index (κ1) is 11.7. The lowest BCUT2D eigenvalue weighted by Crippen LogP contribution is -2.03. The van der Waals surface area contributed by atoms with Crippen molar-refractivity contribution >= 4 is 0 Å². The van der Waals surface area contributed by atoms with E-state index in [1.54, 1.807) is 5.56 Å². The van der Waals surface area contributed by atoms with Gasteiger partial charge in [-0.3, -0.25) is 0 Å². The first-order valence-corrected chi connectivity index (χ1v) is 6.74. The molecule has 1 aliphatic carbocycles. The molecule has 2 rings (SSSR count). The monoisotopic (exact) mass is 216 g/mol. The smallest absolute Gasteiger partial charge is 0.0157 e. The molecule has 0 aliphatic heterocycles. The predicted octanol–water partition coefficient (Wildman–Crippen LogP) is 4.99. The van der Waals surface area contributed by atoms with Crippen molar-refractivity contribution in [1.82, 2.24) is 0 Å². The molecule has 2 unspecified atom stereocenters. The van der Waals surface area contributed by atoms with Crippen LogP contribution in [-0.4, -0.2) is 0 Å². The van der Waals surface area contributed by atoms with Crippen LogP contribution in [0.4, 0.5) is 0 Å². The second-order valence-corrected chi connectivity index (χ2v) is 5.62. The fourth-order valence-corrected chi connectivity index (χ4v) is 3.25. The van der Waals surface area contributed by atoms with Crippen LogP contribution in [0, 0.1) is 19.8 Å². The maximum Gasteiger partial charge on any atom is -0.0157 e. The summed E-state index contributed by atoms with van der Waals surface area (Å²) in [7, 11) is 0. The topological polar surface area (TPSA) is 0 Å². The molecule has 1 aliphatic rings. The van der Waals surface area contributed by atoms with Crippen LogP contribution in [0.15, 0.2) is 18.2 Å². The average Bonchev–Trinajstić information content (AvgIpc) is 2.44. The molecule has 0 heterocycles. The van der Waals surface area contributed by atoms with Crippen molar-refractivity contribution in [2.75, 3.05) is 0 Å². The van der Waals surface area contributed by atoms with E-state index in [4.69, 9.17) is 0 Å². The van der Waals surface area contributed by atoms with Crippen LogP contribution in [0.5, 0.6) is 0 Å². The molecule has 0 radical (unpaired) electrons. The minimum atomic E-state index is 0.825. The highest BCUT2D eigenvalue weighted by Gasteiger charge is 2.20. The van der Waals surface area contributed by atoms with Gasteiger partial charge in [-0.05, 0) is 55.2 Å². The molecular weight excluding hydrogens is 192 g/mol. The maximum atomic E-state index is 2.41. The van der Waals surface area contributed by atoms with Gasteiger partial charge < -0.3 is 0 Å². The molecule has 1 fully saturated rings. The first-order valence-electron chi connectivity index (χ1n) is 6.74. The highest BCUT2D eigenvalue weighted by molar-refractivity contribution is 5.36. The van der Waals surface area contributed by atoms with Crippen LogP contribution in [0.25, 0.3) is 0 Å². The number of hydrogen-bond donors (Lipinski definition) is 0. The minimum Gasteiger partial charge on any atom is -0.0625 e. The molecule has 1 aromatic carbocycles. The van der Waals surface area contributed by atoms with Crippen LogP contribution >= 0.6 is 0 Å². The van der Waals surface area contributed by atoms with E-state index in [1.165, 1.54) is 43.2 Å². The van der Waals surface area contributed by atoms with Crippen LogP contribution < -0.4 is 0 Å². The van der Waals surface area contributed by atoms with Gasteiger partial charge in [0, 0.05) is 0 Å². The Kier molecular flexibility index (Phi) is 3.68. The molecule has 0 spiro atoms. The van der Waals surface area contributed by atoms with E-state index in [0.29, 0.717) is 0 Å². The molecule has 0 N–H and O–H groups in total.